The summed E-state index contributed by atoms with van der Waals surface area (Å²) in [5.74, 6) is 6.38. The first-order valence-corrected chi connectivity index (χ1v) is 34.8. The number of likely N-dealkylation sites (N-methyl/N-ethyl adjacent to an activating group) is 1. The second kappa shape index (κ2) is 19.3. The van der Waals surface area contributed by atoms with Gasteiger partial charge in [-0.3, -0.25) is 0 Å². The van der Waals surface area contributed by atoms with Gasteiger partial charge in [0.25, 0.3) is 0 Å². The fourth-order valence-corrected chi connectivity index (χ4v) is 27.7. The smallest absolute Gasteiger partial charge is 0.331 e. The van der Waals surface area contributed by atoms with Crippen molar-refractivity contribution in [3.05, 3.63) is 130 Å². The minimum absolute atomic E-state index is 0.0677. The van der Waals surface area contributed by atoms with Crippen LogP contribution < -0.4 is 5.32 Å². The highest BCUT2D eigenvalue weighted by atomic mass is 16.5. The number of fused-ring (bicyclic) bond motifs is 13. The number of aldehydes is 1. The molecule has 11 fully saturated rings. The first-order valence-electron chi connectivity index (χ1n) is 34.8. The van der Waals surface area contributed by atoms with Crippen molar-refractivity contribution in [2.45, 2.75) is 201 Å². The Hall–Kier alpha value is -4.44. The molecule has 0 radical (unpaired) electrons. The molecule has 10 saturated carbocycles. The highest BCUT2D eigenvalue weighted by molar-refractivity contribution is 5.86. The van der Waals surface area contributed by atoms with Gasteiger partial charge in [0.05, 0.1) is 35.9 Å². The number of rotatable bonds is 4. The molecular formula is C77H91NO9. The zero-order valence-corrected chi connectivity index (χ0v) is 50.9. The van der Waals surface area contributed by atoms with Gasteiger partial charge < -0.3 is 45.1 Å². The van der Waals surface area contributed by atoms with Crippen LogP contribution in [-0.2, 0) is 44.9 Å². The van der Waals surface area contributed by atoms with E-state index in [4.69, 9.17) is 9.47 Å². The van der Waals surface area contributed by atoms with Crippen LogP contribution in [0.2, 0.25) is 0 Å². The predicted octanol–water partition coefficient (Wildman–Crippen LogP) is 10.3. The predicted molar refractivity (Wildman–Crippen MR) is 328 cm³/mol. The molecule has 87 heavy (non-hydrogen) atoms. The molecule has 458 valence electrons. The Morgan fingerprint density at radius 3 is 2.43 bits per heavy atom. The van der Waals surface area contributed by atoms with Crippen LogP contribution >= 0.6 is 0 Å². The van der Waals surface area contributed by atoms with Crippen molar-refractivity contribution in [2.75, 3.05) is 7.05 Å². The van der Waals surface area contributed by atoms with Crippen molar-refractivity contribution in [2.24, 2.45) is 105 Å². The number of carbonyl (C=O) groups excluding carboxylic acids is 2. The topological polar surface area (TPSA) is 166 Å². The van der Waals surface area contributed by atoms with E-state index < -0.39 is 63.0 Å². The van der Waals surface area contributed by atoms with Crippen LogP contribution in [-0.4, -0.2) is 92.1 Å². The molecule has 3 aromatic rings. The first-order chi connectivity index (χ1) is 42.3. The minimum Gasteiger partial charge on any atom is -0.454 e. The second-order valence-electron chi connectivity index (χ2n) is 32.3. The van der Waals surface area contributed by atoms with Crippen molar-refractivity contribution in [1.82, 2.24) is 5.32 Å². The van der Waals surface area contributed by atoms with Crippen LogP contribution in [0.1, 0.15) is 161 Å². The molecule has 13 aliphatic carbocycles. The summed E-state index contributed by atoms with van der Waals surface area (Å²) in [6, 6.07) is 26.4. The number of allylic oxidation sites excluding steroid dienone is 2. The molecule has 0 amide bonds. The van der Waals surface area contributed by atoms with Crippen LogP contribution in [0.4, 0.5) is 0 Å². The summed E-state index contributed by atoms with van der Waals surface area (Å²) >= 11 is 0. The van der Waals surface area contributed by atoms with E-state index in [-0.39, 0.29) is 84.1 Å². The number of nitrogens with one attached hydrogen (secondary N) is 1. The zero-order chi connectivity index (χ0) is 58.8. The highest BCUT2D eigenvalue weighted by Gasteiger charge is 2.90. The van der Waals surface area contributed by atoms with E-state index in [1.54, 1.807) is 6.08 Å². The lowest BCUT2D eigenvalue weighted by Gasteiger charge is -2.78. The lowest BCUT2D eigenvalue weighted by molar-refractivity contribution is -0.405. The molecule has 3 aromatic carbocycles. The molecule has 27 atom stereocenters. The summed E-state index contributed by atoms with van der Waals surface area (Å²) in [5, 5.41) is 75.3. The van der Waals surface area contributed by atoms with Gasteiger partial charge >= 0.3 is 5.97 Å². The summed E-state index contributed by atoms with van der Waals surface area (Å²) in [7, 11) is 1.95. The van der Waals surface area contributed by atoms with Crippen molar-refractivity contribution >= 4 is 12.3 Å². The summed E-state index contributed by atoms with van der Waals surface area (Å²) in [6.45, 7) is -0.126. The van der Waals surface area contributed by atoms with Gasteiger partial charge in [-0.25, -0.2) is 4.79 Å². The van der Waals surface area contributed by atoms with Gasteiger partial charge in [-0.2, -0.15) is 0 Å². The Kier molecular flexibility index (Phi) is 12.3. The van der Waals surface area contributed by atoms with Gasteiger partial charge in [0.15, 0.2) is 0 Å². The number of carbonyl (C=O) groups is 2. The van der Waals surface area contributed by atoms with E-state index in [1.165, 1.54) is 29.4 Å². The van der Waals surface area contributed by atoms with Crippen molar-refractivity contribution in [1.29, 1.82) is 0 Å². The van der Waals surface area contributed by atoms with Gasteiger partial charge in [0, 0.05) is 58.6 Å². The van der Waals surface area contributed by atoms with Crippen molar-refractivity contribution in [3.8, 4) is 11.8 Å². The fourth-order valence-electron chi connectivity index (χ4n) is 27.7. The largest absolute Gasteiger partial charge is 0.454 e. The van der Waals surface area contributed by atoms with E-state index in [1.807, 2.05) is 25.2 Å². The average Bonchev–Trinajstić information content (AvgIpc) is 1.62. The van der Waals surface area contributed by atoms with E-state index in [0.29, 0.717) is 87.4 Å². The van der Waals surface area contributed by atoms with Crippen LogP contribution in [0.25, 0.3) is 0 Å². The molecule has 3 heterocycles. The monoisotopic (exact) mass is 1170 g/mol. The molecule has 10 heteroatoms. The Bertz CT molecular complexity index is 3460. The lowest BCUT2D eigenvalue weighted by atomic mass is 9.29. The Morgan fingerprint density at radius 1 is 0.759 bits per heavy atom. The summed E-state index contributed by atoms with van der Waals surface area (Å²) < 4.78 is 14.8. The lowest BCUT2D eigenvalue weighted by Crippen LogP contribution is -2.88. The molecule has 0 unspecified atom stereocenters. The molecular weight excluding hydrogens is 1080 g/mol. The SMILES string of the molecule is CN[C@H]1Cc2c(cccc2CO)C#CCC[C@]23CC[C@H]4[C@@](O)([C@@H](O)[C@H]5C[C@@H]6[C@@H]7CC=C[C@@H]6C[C@H]6[C@H]8O[C@@H](Cc9cccc(c9)C[C@H]9CC[C@@H]7C9)[C@@H]7CC[C@@]9%10CC[C@H](c%11ccccc%11)C[C@H]9C[C@@H]7[C@@]8%10C[C@@]4(C=O)[C@]56O)[C@@]2(O)C[C@H]2C[C@@H]1[C@@H]1OC(=O)C=C1[C@@H]23. The van der Waals surface area contributed by atoms with E-state index in [2.05, 4.69) is 83.9 Å². The van der Waals surface area contributed by atoms with Crippen molar-refractivity contribution in [3.63, 3.8) is 0 Å². The summed E-state index contributed by atoms with van der Waals surface area (Å²) in [6.07, 6.45) is 22.3. The standard InChI is InChI=1S/C77H91NO9/c1-78-63-37-56-47(15-8-17-51(56)40-79)14-5-6-24-72-27-23-65-73(42-80)41-74-60-35-53-32-48(46-12-3-2-4-13-46)21-25-71(53,74)26-22-55(60)64-31-44-11-7-10-43(28-44)29-45-19-20-50(30-45)54-18-9-16-49-34-62(70(74)86-64)76(73,84)61(36-57(49)54)69(82)77(65,85)75(72,83)39-52-33-58(63)68-59(67(52)72)38-66(81)87-68/h2-4,7-13,15-17,28,38,42,45,48-50,52-55,57-58,60-65,67-70,78-79,82-85H,6,18-27,29-37,39-41H2,1H3/t45-,48+,49-,50-,52-,53+,54-,55-,57+,58+,60+,61-,62+,63+,64+,65-,67-,68+,69+,70-,71+,72-,73+,74+,75-,76+,77-/m1/s1. The number of aliphatic hydroxyl groups is 5. The van der Waals surface area contributed by atoms with Crippen LogP contribution in [0.5, 0.6) is 0 Å². The highest BCUT2D eigenvalue weighted by Crippen LogP contribution is 2.86. The fraction of sp³-hybridized carbons (Fsp3) is 0.662. The van der Waals surface area contributed by atoms with Gasteiger partial charge in [-0.1, -0.05) is 90.7 Å². The Balaban J connectivity index is 0.850. The normalized spacial score (nSPS) is 51.3. The second-order valence-corrected chi connectivity index (χ2v) is 32.3. The van der Waals surface area contributed by atoms with Gasteiger partial charge in [0.1, 0.15) is 23.6 Å². The molecule has 10 nitrogen and oxygen atoms in total. The number of esters is 1. The van der Waals surface area contributed by atoms with E-state index in [0.717, 1.165) is 92.9 Å². The summed E-state index contributed by atoms with van der Waals surface area (Å²) in [5.41, 5.74) is -1.52. The number of hydrogen-bond donors (Lipinski definition) is 6. The summed E-state index contributed by atoms with van der Waals surface area (Å²) in [4.78, 5) is 30.3. The molecule has 19 rings (SSSR count). The van der Waals surface area contributed by atoms with Crippen LogP contribution in [0, 0.1) is 116 Å². The maximum atomic E-state index is 16.2. The maximum absolute atomic E-state index is 16.2. The quantitative estimate of drug-likeness (QED) is 0.0641. The molecule has 0 aromatic heterocycles. The third kappa shape index (κ3) is 6.95. The van der Waals surface area contributed by atoms with Crippen LogP contribution in [0.15, 0.2) is 96.6 Å². The molecule has 18 bridgehead atoms. The maximum Gasteiger partial charge on any atom is 0.331 e. The molecule has 3 aliphatic heterocycles. The Labute approximate surface area is 514 Å². The molecule has 1 saturated heterocycles. The average molecular weight is 1170 g/mol. The minimum atomic E-state index is -2.23. The van der Waals surface area contributed by atoms with Gasteiger partial charge in [-0.05, 0) is 252 Å². The Morgan fingerprint density at radius 2 is 1.59 bits per heavy atom. The third-order valence-corrected chi connectivity index (χ3v) is 30.4. The number of aliphatic hydroxyl groups excluding tert-OH is 2. The van der Waals surface area contributed by atoms with E-state index in [9.17, 15) is 15.0 Å². The third-order valence-electron chi connectivity index (χ3n) is 30.4. The molecule has 6 N–H and O–H groups in total. The van der Waals surface area contributed by atoms with Gasteiger partial charge in [-0.15, -0.1) is 0 Å². The van der Waals surface area contributed by atoms with E-state index >= 15 is 20.1 Å². The first kappa shape index (κ1) is 55.4. The van der Waals surface area contributed by atoms with Crippen molar-refractivity contribution < 1.29 is 44.6 Å². The van der Waals surface area contributed by atoms with Crippen LogP contribution in [0.3, 0.4) is 0 Å². The number of hydrogen-bond acceptors (Lipinski definition) is 10. The van der Waals surface area contributed by atoms with Gasteiger partial charge in [0.2, 0.25) is 0 Å². The molecule has 16 aliphatic rings. The number of benzene rings is 3. The zero-order valence-electron chi connectivity index (χ0n) is 50.9. The molecule has 3 spiro atoms. The number of ether oxygens (including phenoxy) is 2.